The maximum Gasteiger partial charge on any atom is 0.129 e. The van der Waals surface area contributed by atoms with Crippen molar-refractivity contribution in [1.29, 1.82) is 0 Å². The van der Waals surface area contributed by atoms with Gasteiger partial charge in [-0.1, -0.05) is 0 Å². The fourth-order valence-electron chi connectivity index (χ4n) is 3.11. The van der Waals surface area contributed by atoms with E-state index in [1.165, 1.54) is 9.75 Å². The highest BCUT2D eigenvalue weighted by atomic mass is 32.1. The number of hydrogen-bond donors (Lipinski definition) is 1. The molecule has 1 aliphatic heterocycles. The van der Waals surface area contributed by atoms with Gasteiger partial charge in [0.2, 0.25) is 0 Å². The lowest BCUT2D eigenvalue weighted by Gasteiger charge is -2.27. The Balaban J connectivity index is 1.48. The molecule has 0 unspecified atom stereocenters. The van der Waals surface area contributed by atoms with Crippen LogP contribution in [0.4, 0.5) is 0 Å². The van der Waals surface area contributed by atoms with E-state index >= 15 is 0 Å². The average molecular weight is 365 g/mol. The molecule has 1 fully saturated rings. The summed E-state index contributed by atoms with van der Waals surface area (Å²) in [7, 11) is 0. The molecule has 5 nitrogen and oxygen atoms in total. The van der Waals surface area contributed by atoms with Crippen molar-refractivity contribution in [3.63, 3.8) is 0 Å². The van der Waals surface area contributed by atoms with E-state index in [1.54, 1.807) is 6.26 Å². The molecular formula is C19H27NO4S. The monoisotopic (exact) mass is 365 g/mol. The van der Waals surface area contributed by atoms with Gasteiger partial charge in [-0.3, -0.25) is 4.90 Å². The maximum absolute atomic E-state index is 10.4. The van der Waals surface area contributed by atoms with Crippen molar-refractivity contribution in [2.75, 3.05) is 26.3 Å². The Morgan fingerprint density at radius 3 is 3.00 bits per heavy atom. The summed E-state index contributed by atoms with van der Waals surface area (Å²) in [6.07, 6.45) is 3.60. The quantitative estimate of drug-likeness (QED) is 0.701. The van der Waals surface area contributed by atoms with Crippen molar-refractivity contribution in [3.8, 4) is 0 Å². The second-order valence-corrected chi connectivity index (χ2v) is 7.96. The summed E-state index contributed by atoms with van der Waals surface area (Å²) >= 11 is 1.81. The standard InChI is InChI=1S/C19H27NO4S/c1-15-6-7-19(25-15)12-20(11-17-4-2-8-23-17)10-16(21)13-22-14-18-5-3-9-24-18/h3,5-7,9,16-17,21H,2,4,8,10-14H2,1H3/t16-,17+/m1/s1. The summed E-state index contributed by atoms with van der Waals surface area (Å²) in [6, 6.07) is 8.02. The molecule has 0 radical (unpaired) electrons. The third-order valence-corrected chi connectivity index (χ3v) is 5.25. The number of aryl methyl sites for hydroxylation is 1. The fourth-order valence-corrected chi connectivity index (χ4v) is 4.04. The van der Waals surface area contributed by atoms with Crippen LogP contribution in [0.15, 0.2) is 34.9 Å². The van der Waals surface area contributed by atoms with Crippen LogP contribution in [0.1, 0.15) is 28.4 Å². The topological polar surface area (TPSA) is 55.1 Å². The van der Waals surface area contributed by atoms with Crippen LogP contribution in [0.25, 0.3) is 0 Å². The normalized spacial score (nSPS) is 18.9. The molecule has 0 bridgehead atoms. The van der Waals surface area contributed by atoms with Gasteiger partial charge in [-0.15, -0.1) is 11.3 Å². The largest absolute Gasteiger partial charge is 0.467 e. The number of thiophene rings is 1. The van der Waals surface area contributed by atoms with Crippen LogP contribution in [0.5, 0.6) is 0 Å². The van der Waals surface area contributed by atoms with Gasteiger partial charge in [0.15, 0.2) is 0 Å². The lowest BCUT2D eigenvalue weighted by Crippen LogP contribution is -2.38. The van der Waals surface area contributed by atoms with Gasteiger partial charge in [0.05, 0.1) is 25.1 Å². The Morgan fingerprint density at radius 2 is 2.32 bits per heavy atom. The fraction of sp³-hybridized carbons (Fsp3) is 0.579. The molecule has 0 amide bonds. The number of nitrogens with zero attached hydrogens (tertiary/aromatic N) is 1. The van der Waals surface area contributed by atoms with Crippen LogP contribution in [-0.4, -0.2) is 48.5 Å². The van der Waals surface area contributed by atoms with Crippen LogP contribution < -0.4 is 0 Å². The zero-order valence-electron chi connectivity index (χ0n) is 14.7. The molecule has 0 saturated carbocycles. The molecule has 25 heavy (non-hydrogen) atoms. The molecule has 2 aromatic rings. The van der Waals surface area contributed by atoms with Gasteiger partial charge in [-0.05, 0) is 44.0 Å². The molecule has 0 aromatic carbocycles. The molecule has 0 aliphatic carbocycles. The van der Waals surface area contributed by atoms with Gasteiger partial charge < -0.3 is 19.0 Å². The summed E-state index contributed by atoms with van der Waals surface area (Å²) in [4.78, 5) is 4.91. The first-order valence-electron chi connectivity index (χ1n) is 8.86. The predicted molar refractivity (Wildman–Crippen MR) is 97.7 cm³/mol. The van der Waals surface area contributed by atoms with Crippen LogP contribution in [0, 0.1) is 6.92 Å². The average Bonchev–Trinajstić information content (AvgIpc) is 3.31. The molecule has 3 heterocycles. The van der Waals surface area contributed by atoms with Crippen LogP contribution in [0.3, 0.4) is 0 Å². The number of furan rings is 1. The number of aliphatic hydroxyl groups is 1. The van der Waals surface area contributed by atoms with Gasteiger partial charge in [-0.25, -0.2) is 0 Å². The van der Waals surface area contributed by atoms with Crippen LogP contribution in [-0.2, 0) is 22.6 Å². The number of aliphatic hydroxyl groups excluding tert-OH is 1. The maximum atomic E-state index is 10.4. The number of rotatable bonds is 10. The summed E-state index contributed by atoms with van der Waals surface area (Å²) < 4.78 is 16.6. The summed E-state index contributed by atoms with van der Waals surface area (Å²) in [6.45, 7) is 5.93. The molecule has 6 heteroatoms. The Hall–Kier alpha value is -1.18. The number of hydrogen-bond acceptors (Lipinski definition) is 6. The SMILES string of the molecule is Cc1ccc(CN(C[C@@H](O)COCc2ccco2)C[C@@H]2CCCO2)s1. The molecule has 1 N–H and O–H groups in total. The molecular weight excluding hydrogens is 338 g/mol. The lowest BCUT2D eigenvalue weighted by molar-refractivity contribution is -0.00616. The molecule has 1 saturated heterocycles. The van der Waals surface area contributed by atoms with Crippen molar-refractivity contribution in [3.05, 3.63) is 46.0 Å². The first kappa shape index (κ1) is 18.6. The molecule has 0 spiro atoms. The van der Waals surface area contributed by atoms with Crippen LogP contribution in [0.2, 0.25) is 0 Å². The van der Waals surface area contributed by atoms with E-state index in [0.29, 0.717) is 19.8 Å². The van der Waals surface area contributed by atoms with E-state index in [0.717, 1.165) is 38.3 Å². The smallest absolute Gasteiger partial charge is 0.129 e. The minimum atomic E-state index is -0.530. The lowest BCUT2D eigenvalue weighted by atomic mass is 10.2. The van der Waals surface area contributed by atoms with Gasteiger partial charge in [0, 0.05) is 36.0 Å². The summed E-state index contributed by atoms with van der Waals surface area (Å²) in [5.74, 6) is 0.775. The molecule has 1 aliphatic rings. The molecule has 138 valence electrons. The van der Waals surface area contributed by atoms with Crippen LogP contribution >= 0.6 is 11.3 Å². The highest BCUT2D eigenvalue weighted by Crippen LogP contribution is 2.20. The minimum Gasteiger partial charge on any atom is -0.467 e. The van der Waals surface area contributed by atoms with Crippen molar-refractivity contribution >= 4 is 11.3 Å². The van der Waals surface area contributed by atoms with E-state index < -0.39 is 6.10 Å². The minimum absolute atomic E-state index is 0.275. The van der Waals surface area contributed by atoms with Gasteiger partial charge >= 0.3 is 0 Å². The Kier molecular flexibility index (Phi) is 7.07. The first-order chi connectivity index (χ1) is 12.2. The van der Waals surface area contributed by atoms with Gasteiger partial charge in [-0.2, -0.15) is 0 Å². The van der Waals surface area contributed by atoms with Crippen molar-refractivity contribution in [2.45, 2.75) is 45.1 Å². The van der Waals surface area contributed by atoms with Gasteiger partial charge in [0.1, 0.15) is 12.4 Å². The number of ether oxygens (including phenoxy) is 2. The van der Waals surface area contributed by atoms with Gasteiger partial charge in [0.25, 0.3) is 0 Å². The molecule has 2 aromatic heterocycles. The molecule has 2 atom stereocenters. The van der Waals surface area contributed by atoms with E-state index in [9.17, 15) is 5.11 Å². The molecule has 3 rings (SSSR count). The van der Waals surface area contributed by atoms with E-state index in [-0.39, 0.29) is 6.10 Å². The highest BCUT2D eigenvalue weighted by molar-refractivity contribution is 7.11. The summed E-state index contributed by atoms with van der Waals surface area (Å²) in [5.41, 5.74) is 0. The predicted octanol–water partition coefficient (Wildman–Crippen LogP) is 3.21. The van der Waals surface area contributed by atoms with E-state index in [2.05, 4.69) is 24.0 Å². The van der Waals surface area contributed by atoms with E-state index in [4.69, 9.17) is 13.9 Å². The Labute approximate surface area is 153 Å². The first-order valence-corrected chi connectivity index (χ1v) is 9.68. The highest BCUT2D eigenvalue weighted by Gasteiger charge is 2.21. The third kappa shape index (κ3) is 6.24. The Morgan fingerprint density at radius 1 is 1.40 bits per heavy atom. The zero-order chi connectivity index (χ0) is 17.5. The van der Waals surface area contributed by atoms with Crippen molar-refractivity contribution < 1.29 is 19.0 Å². The van der Waals surface area contributed by atoms with E-state index in [1.807, 2.05) is 23.5 Å². The zero-order valence-corrected chi connectivity index (χ0v) is 15.5. The Bertz CT molecular complexity index is 607. The summed E-state index contributed by atoms with van der Waals surface area (Å²) in [5, 5.41) is 10.4. The second-order valence-electron chi connectivity index (χ2n) is 6.59. The van der Waals surface area contributed by atoms with Crippen molar-refractivity contribution in [2.24, 2.45) is 0 Å². The van der Waals surface area contributed by atoms with Crippen molar-refractivity contribution in [1.82, 2.24) is 4.90 Å². The second kappa shape index (κ2) is 9.50. The third-order valence-electron chi connectivity index (χ3n) is 4.26.